The average molecular weight is 437 g/mol. The van der Waals surface area contributed by atoms with Crippen molar-refractivity contribution in [2.45, 2.75) is 38.0 Å². The number of carbonyl (C=O) groups excluding carboxylic acids is 1. The number of anilines is 1. The van der Waals surface area contributed by atoms with Crippen LogP contribution in [-0.4, -0.2) is 31.7 Å². The summed E-state index contributed by atoms with van der Waals surface area (Å²) >= 11 is 0. The van der Waals surface area contributed by atoms with Gasteiger partial charge in [-0.3, -0.25) is 4.79 Å². The largest absolute Gasteiger partial charge is 0.325 e. The molecule has 1 fully saturated rings. The number of rotatable bonds is 5. The Bertz CT molecular complexity index is 1220. The highest BCUT2D eigenvalue weighted by molar-refractivity contribution is 7.89. The first kappa shape index (κ1) is 21.5. The molecule has 0 aromatic heterocycles. The van der Waals surface area contributed by atoms with Crippen LogP contribution in [0.4, 0.5) is 5.69 Å². The SMILES string of the molecule is CCc1cccc(C)c1NC(=O)[C@@H]1CCCN(S(=O)(=O)c2ccc3ccccc3c2)C1. The van der Waals surface area contributed by atoms with Crippen LogP contribution in [0.15, 0.2) is 65.6 Å². The Kier molecular flexibility index (Phi) is 6.12. The van der Waals surface area contributed by atoms with E-state index in [1.165, 1.54) is 4.31 Å². The number of amides is 1. The molecule has 31 heavy (non-hydrogen) atoms. The van der Waals surface area contributed by atoms with Crippen LogP contribution >= 0.6 is 0 Å². The molecule has 5 nitrogen and oxygen atoms in total. The molecule has 0 saturated carbocycles. The van der Waals surface area contributed by atoms with E-state index in [1.807, 2.05) is 55.5 Å². The highest BCUT2D eigenvalue weighted by Gasteiger charge is 2.33. The minimum absolute atomic E-state index is 0.109. The lowest BCUT2D eigenvalue weighted by Crippen LogP contribution is -2.43. The molecule has 1 amide bonds. The van der Waals surface area contributed by atoms with E-state index in [0.717, 1.165) is 34.0 Å². The van der Waals surface area contributed by atoms with Crippen molar-refractivity contribution in [3.63, 3.8) is 0 Å². The number of benzene rings is 3. The Morgan fingerprint density at radius 1 is 1.06 bits per heavy atom. The molecule has 0 bridgehead atoms. The van der Waals surface area contributed by atoms with Crippen LogP contribution < -0.4 is 5.32 Å². The zero-order valence-electron chi connectivity index (χ0n) is 18.0. The highest BCUT2D eigenvalue weighted by Crippen LogP contribution is 2.28. The summed E-state index contributed by atoms with van der Waals surface area (Å²) in [4.78, 5) is 13.3. The van der Waals surface area contributed by atoms with Crippen molar-refractivity contribution in [1.82, 2.24) is 4.31 Å². The van der Waals surface area contributed by atoms with Crippen LogP contribution in [0.1, 0.15) is 30.9 Å². The fourth-order valence-corrected chi connectivity index (χ4v) is 5.84. The second-order valence-electron chi connectivity index (χ2n) is 8.16. The van der Waals surface area contributed by atoms with Gasteiger partial charge in [0.25, 0.3) is 0 Å². The van der Waals surface area contributed by atoms with Gasteiger partial charge >= 0.3 is 0 Å². The average Bonchev–Trinajstić information content (AvgIpc) is 2.80. The van der Waals surface area contributed by atoms with Gasteiger partial charge in [-0.25, -0.2) is 8.42 Å². The van der Waals surface area contributed by atoms with E-state index in [-0.39, 0.29) is 23.3 Å². The molecule has 0 radical (unpaired) electrons. The maximum absolute atomic E-state index is 13.3. The molecule has 1 N–H and O–H groups in total. The number of carbonyl (C=O) groups is 1. The summed E-state index contributed by atoms with van der Waals surface area (Å²) in [5.74, 6) is -0.476. The fraction of sp³-hybridized carbons (Fsp3) is 0.320. The van der Waals surface area contributed by atoms with Gasteiger partial charge in [0, 0.05) is 18.8 Å². The zero-order valence-corrected chi connectivity index (χ0v) is 18.8. The molecule has 3 aromatic carbocycles. The third-order valence-electron chi connectivity index (χ3n) is 6.10. The number of nitrogens with one attached hydrogen (secondary N) is 1. The van der Waals surface area contributed by atoms with Gasteiger partial charge in [0.05, 0.1) is 10.8 Å². The van der Waals surface area contributed by atoms with Crippen LogP contribution in [0.5, 0.6) is 0 Å². The molecule has 1 heterocycles. The molecule has 0 unspecified atom stereocenters. The molecule has 0 aliphatic carbocycles. The predicted octanol–water partition coefficient (Wildman–Crippen LogP) is 4.75. The number of fused-ring (bicyclic) bond motifs is 1. The Labute approximate surface area is 184 Å². The number of para-hydroxylation sites is 1. The quantitative estimate of drug-likeness (QED) is 0.628. The van der Waals surface area contributed by atoms with Gasteiger partial charge in [0.1, 0.15) is 0 Å². The molecule has 3 aromatic rings. The first-order valence-electron chi connectivity index (χ1n) is 10.8. The van der Waals surface area contributed by atoms with Gasteiger partial charge in [-0.2, -0.15) is 4.31 Å². The van der Waals surface area contributed by atoms with Gasteiger partial charge in [-0.1, -0.05) is 55.5 Å². The minimum Gasteiger partial charge on any atom is -0.325 e. The molecule has 4 rings (SSSR count). The smallest absolute Gasteiger partial charge is 0.243 e. The number of nitrogens with zero attached hydrogens (tertiary/aromatic N) is 1. The lowest BCUT2D eigenvalue weighted by molar-refractivity contribution is -0.120. The van der Waals surface area contributed by atoms with Gasteiger partial charge in [0.2, 0.25) is 15.9 Å². The van der Waals surface area contributed by atoms with Crippen LogP contribution in [0.3, 0.4) is 0 Å². The minimum atomic E-state index is -3.66. The number of sulfonamides is 1. The van der Waals surface area contributed by atoms with Gasteiger partial charge in [-0.15, -0.1) is 0 Å². The third kappa shape index (κ3) is 4.36. The summed E-state index contributed by atoms with van der Waals surface area (Å²) in [5, 5.41) is 4.97. The number of hydrogen-bond donors (Lipinski definition) is 1. The van der Waals surface area contributed by atoms with E-state index in [2.05, 4.69) is 12.2 Å². The van der Waals surface area contributed by atoms with Gasteiger partial charge in [0.15, 0.2) is 0 Å². The monoisotopic (exact) mass is 436 g/mol. The van der Waals surface area contributed by atoms with Gasteiger partial charge < -0.3 is 5.32 Å². The number of piperidine rings is 1. The van der Waals surface area contributed by atoms with Crippen LogP contribution in [0.25, 0.3) is 10.8 Å². The lowest BCUT2D eigenvalue weighted by atomic mass is 9.98. The normalized spacial score (nSPS) is 17.5. The van der Waals surface area contributed by atoms with E-state index < -0.39 is 10.0 Å². The summed E-state index contributed by atoms with van der Waals surface area (Å²) in [7, 11) is -3.66. The Morgan fingerprint density at radius 3 is 2.61 bits per heavy atom. The molecule has 6 heteroatoms. The fourth-order valence-electron chi connectivity index (χ4n) is 4.28. The van der Waals surface area contributed by atoms with Crippen LogP contribution in [0, 0.1) is 12.8 Å². The highest BCUT2D eigenvalue weighted by atomic mass is 32.2. The molecular formula is C25H28N2O3S. The van der Waals surface area contributed by atoms with Crippen molar-refractivity contribution in [3.8, 4) is 0 Å². The standard InChI is InChI=1S/C25H28N2O3S/c1-3-19-11-6-8-18(2)24(19)26-25(28)22-12-7-15-27(17-22)31(29,30)23-14-13-20-9-4-5-10-21(20)16-23/h4-6,8-11,13-14,16,22H,3,7,12,15,17H2,1-2H3,(H,26,28)/t22-/m1/s1. The number of aryl methyl sites for hydroxylation is 2. The first-order chi connectivity index (χ1) is 14.9. The topological polar surface area (TPSA) is 66.5 Å². The van der Waals surface area contributed by atoms with Crippen molar-refractivity contribution < 1.29 is 13.2 Å². The molecule has 1 aliphatic rings. The predicted molar refractivity (Wildman–Crippen MR) is 125 cm³/mol. The second kappa shape index (κ2) is 8.81. The van der Waals surface area contributed by atoms with E-state index >= 15 is 0 Å². The summed E-state index contributed by atoms with van der Waals surface area (Å²) in [5.41, 5.74) is 2.96. The van der Waals surface area contributed by atoms with E-state index in [4.69, 9.17) is 0 Å². The molecule has 1 atom stereocenters. The number of hydrogen-bond acceptors (Lipinski definition) is 3. The maximum atomic E-state index is 13.3. The van der Waals surface area contributed by atoms with Crippen molar-refractivity contribution in [3.05, 3.63) is 71.8 Å². The molecule has 162 valence electrons. The molecule has 1 saturated heterocycles. The summed E-state index contributed by atoms with van der Waals surface area (Å²) in [6.07, 6.45) is 2.17. The Hall–Kier alpha value is -2.70. The molecule has 1 aliphatic heterocycles. The van der Waals surface area contributed by atoms with Crippen molar-refractivity contribution >= 4 is 32.4 Å². The summed E-state index contributed by atoms with van der Waals surface area (Å²) in [6.45, 7) is 4.67. The first-order valence-corrected chi connectivity index (χ1v) is 12.2. The Balaban J connectivity index is 1.54. The third-order valence-corrected chi connectivity index (χ3v) is 7.96. The summed E-state index contributed by atoms with van der Waals surface area (Å²) in [6, 6.07) is 18.9. The van der Waals surface area contributed by atoms with E-state index in [9.17, 15) is 13.2 Å². The second-order valence-corrected chi connectivity index (χ2v) is 10.1. The molecular weight excluding hydrogens is 408 g/mol. The lowest BCUT2D eigenvalue weighted by Gasteiger charge is -2.31. The van der Waals surface area contributed by atoms with Crippen molar-refractivity contribution in [2.24, 2.45) is 5.92 Å². The summed E-state index contributed by atoms with van der Waals surface area (Å²) < 4.78 is 28.1. The molecule has 0 spiro atoms. The zero-order chi connectivity index (χ0) is 22.0. The van der Waals surface area contributed by atoms with Gasteiger partial charge in [-0.05, 0) is 60.2 Å². The maximum Gasteiger partial charge on any atom is 0.243 e. The van der Waals surface area contributed by atoms with Crippen LogP contribution in [-0.2, 0) is 21.2 Å². The van der Waals surface area contributed by atoms with Crippen LogP contribution in [0.2, 0.25) is 0 Å². The van der Waals surface area contributed by atoms with Crippen molar-refractivity contribution in [1.29, 1.82) is 0 Å². The van der Waals surface area contributed by atoms with E-state index in [0.29, 0.717) is 19.4 Å². The van der Waals surface area contributed by atoms with E-state index in [1.54, 1.807) is 12.1 Å². The van der Waals surface area contributed by atoms with Crippen molar-refractivity contribution in [2.75, 3.05) is 18.4 Å². The Morgan fingerprint density at radius 2 is 1.84 bits per heavy atom.